The third kappa shape index (κ3) is 3.32. The number of cyclic esters (lactones) is 2. The average Bonchev–Trinajstić information content (AvgIpc) is 3.05. The maximum atomic E-state index is 14.3. The number of oxazole rings is 1. The lowest BCUT2D eigenvalue weighted by atomic mass is 10.2. The van der Waals surface area contributed by atoms with Gasteiger partial charge >= 0.3 is 11.9 Å². The van der Waals surface area contributed by atoms with Gasteiger partial charge in [0.05, 0.1) is 5.56 Å². The predicted octanol–water partition coefficient (Wildman–Crippen LogP) is 3.77. The standard InChI is InChI=1S/C20H15FN2O5/c1-20(2)27-18(24)13(19(25)28-20)10-22-11-7-8-14(21)12(9-11)17-23-15-5-3-4-6-16(15)26-17/h3-10,22H,1-2H3. The number of hydrogen-bond acceptors (Lipinski definition) is 7. The van der Waals surface area contributed by atoms with Crippen molar-refractivity contribution >= 4 is 28.7 Å². The van der Waals surface area contributed by atoms with Gasteiger partial charge in [0.1, 0.15) is 11.3 Å². The number of nitrogens with one attached hydrogen (secondary N) is 1. The Hall–Kier alpha value is -3.68. The second-order valence-corrected chi connectivity index (χ2v) is 6.56. The first-order chi connectivity index (χ1) is 13.3. The molecule has 0 unspecified atom stereocenters. The van der Waals surface area contributed by atoms with Crippen molar-refractivity contribution < 1.29 is 27.9 Å². The minimum atomic E-state index is -1.32. The van der Waals surface area contributed by atoms with Crippen LogP contribution in [0.1, 0.15) is 13.8 Å². The topological polar surface area (TPSA) is 90.7 Å². The Morgan fingerprint density at radius 1 is 1.07 bits per heavy atom. The number of nitrogens with zero attached hydrogens (tertiary/aromatic N) is 1. The van der Waals surface area contributed by atoms with Crippen LogP contribution in [0.15, 0.2) is 58.7 Å². The number of ether oxygens (including phenoxy) is 2. The zero-order chi connectivity index (χ0) is 19.9. The molecule has 2 heterocycles. The van der Waals surface area contributed by atoms with Gasteiger partial charge in [-0.25, -0.2) is 19.0 Å². The number of carbonyl (C=O) groups excluding carboxylic acids is 2. The second-order valence-electron chi connectivity index (χ2n) is 6.56. The summed E-state index contributed by atoms with van der Waals surface area (Å²) in [6.45, 7) is 2.92. The van der Waals surface area contributed by atoms with Crippen molar-refractivity contribution in [1.82, 2.24) is 4.98 Å². The summed E-state index contributed by atoms with van der Waals surface area (Å²) >= 11 is 0. The zero-order valence-corrected chi connectivity index (χ0v) is 15.0. The van der Waals surface area contributed by atoms with Gasteiger partial charge in [0.15, 0.2) is 11.2 Å². The van der Waals surface area contributed by atoms with Crippen molar-refractivity contribution in [3.8, 4) is 11.5 Å². The van der Waals surface area contributed by atoms with Crippen molar-refractivity contribution in [1.29, 1.82) is 0 Å². The Morgan fingerprint density at radius 3 is 2.50 bits per heavy atom. The Kier molecular flexibility index (Phi) is 4.11. The van der Waals surface area contributed by atoms with Crippen molar-refractivity contribution in [2.24, 2.45) is 0 Å². The van der Waals surface area contributed by atoms with Gasteiger partial charge in [-0.1, -0.05) is 12.1 Å². The summed E-state index contributed by atoms with van der Waals surface area (Å²) in [6.07, 6.45) is 1.16. The van der Waals surface area contributed by atoms with E-state index in [0.717, 1.165) is 6.20 Å². The second kappa shape index (κ2) is 6.49. The van der Waals surface area contributed by atoms with Gasteiger partial charge in [0, 0.05) is 25.7 Å². The van der Waals surface area contributed by atoms with E-state index >= 15 is 0 Å². The minimum absolute atomic E-state index is 0.119. The van der Waals surface area contributed by atoms with E-state index in [0.29, 0.717) is 16.8 Å². The van der Waals surface area contributed by atoms with Gasteiger partial charge in [-0.3, -0.25) is 0 Å². The van der Waals surface area contributed by atoms with Crippen LogP contribution in [0.3, 0.4) is 0 Å². The summed E-state index contributed by atoms with van der Waals surface area (Å²) in [7, 11) is 0. The molecule has 0 radical (unpaired) electrons. The number of halogens is 1. The molecule has 1 fully saturated rings. The van der Waals surface area contributed by atoms with Crippen LogP contribution in [0.2, 0.25) is 0 Å². The van der Waals surface area contributed by atoms with Crippen LogP contribution in [0.4, 0.5) is 10.1 Å². The lowest BCUT2D eigenvalue weighted by Crippen LogP contribution is -2.42. The highest BCUT2D eigenvalue weighted by atomic mass is 19.1. The molecule has 2 aromatic carbocycles. The van der Waals surface area contributed by atoms with Crippen molar-refractivity contribution in [2.45, 2.75) is 19.6 Å². The summed E-state index contributed by atoms with van der Waals surface area (Å²) in [6, 6.07) is 11.2. The summed E-state index contributed by atoms with van der Waals surface area (Å²) in [5.74, 6) is -3.34. The number of carbonyl (C=O) groups is 2. The molecule has 3 aromatic rings. The quantitative estimate of drug-likeness (QED) is 0.419. The van der Waals surface area contributed by atoms with E-state index in [1.807, 2.05) is 0 Å². The number of para-hydroxylation sites is 2. The van der Waals surface area contributed by atoms with Gasteiger partial charge in [0.2, 0.25) is 5.89 Å². The van der Waals surface area contributed by atoms with E-state index in [4.69, 9.17) is 13.9 Å². The average molecular weight is 382 g/mol. The SMILES string of the molecule is CC1(C)OC(=O)C(=CNc2ccc(F)c(-c3nc4ccccc4o3)c2)C(=O)O1. The molecule has 0 atom stereocenters. The summed E-state index contributed by atoms with van der Waals surface area (Å²) in [4.78, 5) is 28.2. The molecule has 0 amide bonds. The molecule has 1 aromatic heterocycles. The predicted molar refractivity (Wildman–Crippen MR) is 97.4 cm³/mol. The van der Waals surface area contributed by atoms with E-state index in [1.54, 1.807) is 24.3 Å². The first kappa shape index (κ1) is 17.7. The molecule has 8 heteroatoms. The van der Waals surface area contributed by atoms with E-state index in [2.05, 4.69) is 10.3 Å². The Morgan fingerprint density at radius 2 is 1.79 bits per heavy atom. The number of aromatic nitrogens is 1. The number of fused-ring (bicyclic) bond motifs is 1. The van der Waals surface area contributed by atoms with Gasteiger partial charge in [-0.2, -0.15) is 0 Å². The molecule has 0 bridgehead atoms. The normalized spacial score (nSPS) is 15.9. The van der Waals surface area contributed by atoms with Crippen LogP contribution in [0.25, 0.3) is 22.6 Å². The van der Waals surface area contributed by atoms with Crippen LogP contribution >= 0.6 is 0 Å². The zero-order valence-electron chi connectivity index (χ0n) is 15.0. The third-order valence-corrected chi connectivity index (χ3v) is 3.99. The molecule has 7 nitrogen and oxygen atoms in total. The fourth-order valence-electron chi connectivity index (χ4n) is 2.70. The van der Waals surface area contributed by atoms with E-state index in [9.17, 15) is 14.0 Å². The van der Waals surface area contributed by atoms with Gasteiger partial charge in [0.25, 0.3) is 5.79 Å². The van der Waals surface area contributed by atoms with Crippen molar-refractivity contribution in [3.05, 3.63) is 60.1 Å². The largest absolute Gasteiger partial charge is 0.436 e. The van der Waals surface area contributed by atoms with Crippen LogP contribution in [-0.4, -0.2) is 22.7 Å². The Balaban J connectivity index is 1.62. The first-order valence-electron chi connectivity index (χ1n) is 8.41. The Bertz CT molecular complexity index is 1080. The molecule has 0 aliphatic carbocycles. The molecule has 1 aliphatic rings. The molecule has 0 spiro atoms. The van der Waals surface area contributed by atoms with Crippen LogP contribution in [0.5, 0.6) is 0 Å². The molecule has 4 rings (SSSR count). The maximum absolute atomic E-state index is 14.3. The fourth-order valence-corrected chi connectivity index (χ4v) is 2.70. The first-order valence-corrected chi connectivity index (χ1v) is 8.41. The molecule has 1 N–H and O–H groups in total. The number of anilines is 1. The van der Waals surface area contributed by atoms with Crippen LogP contribution in [0, 0.1) is 5.82 Å². The highest BCUT2D eigenvalue weighted by molar-refractivity contribution is 6.15. The molecule has 0 saturated carbocycles. The van der Waals surface area contributed by atoms with Crippen molar-refractivity contribution in [2.75, 3.05) is 5.32 Å². The lowest BCUT2D eigenvalue weighted by Gasteiger charge is -2.29. The van der Waals surface area contributed by atoms with E-state index in [1.165, 1.54) is 32.0 Å². The highest BCUT2D eigenvalue weighted by Gasteiger charge is 2.38. The molecule has 142 valence electrons. The lowest BCUT2D eigenvalue weighted by molar-refractivity contribution is -0.222. The highest BCUT2D eigenvalue weighted by Crippen LogP contribution is 2.29. The summed E-state index contributed by atoms with van der Waals surface area (Å²) in [5.41, 5.74) is 1.39. The minimum Gasteiger partial charge on any atom is -0.436 e. The number of rotatable bonds is 3. The number of esters is 2. The van der Waals surface area contributed by atoms with Crippen molar-refractivity contribution in [3.63, 3.8) is 0 Å². The van der Waals surface area contributed by atoms with E-state index in [-0.39, 0.29) is 17.0 Å². The smallest absolute Gasteiger partial charge is 0.350 e. The molecular weight excluding hydrogens is 367 g/mol. The monoisotopic (exact) mass is 382 g/mol. The number of hydrogen-bond donors (Lipinski definition) is 1. The Labute approximate surface area is 158 Å². The van der Waals surface area contributed by atoms with Gasteiger partial charge in [-0.05, 0) is 30.3 Å². The van der Waals surface area contributed by atoms with Crippen LogP contribution in [-0.2, 0) is 19.1 Å². The van der Waals surface area contributed by atoms with Gasteiger partial charge in [-0.15, -0.1) is 0 Å². The third-order valence-electron chi connectivity index (χ3n) is 3.99. The molecular formula is C20H15FN2O5. The molecule has 1 saturated heterocycles. The summed E-state index contributed by atoms with van der Waals surface area (Å²) in [5, 5.41) is 2.77. The number of benzene rings is 2. The van der Waals surface area contributed by atoms with Gasteiger partial charge < -0.3 is 19.2 Å². The van der Waals surface area contributed by atoms with Crippen LogP contribution < -0.4 is 5.32 Å². The fraction of sp³-hybridized carbons (Fsp3) is 0.150. The molecule has 28 heavy (non-hydrogen) atoms. The summed E-state index contributed by atoms with van der Waals surface area (Å²) < 4.78 is 29.9. The van der Waals surface area contributed by atoms with E-state index < -0.39 is 23.5 Å². The molecule has 1 aliphatic heterocycles. The maximum Gasteiger partial charge on any atom is 0.350 e.